The van der Waals surface area contributed by atoms with E-state index >= 15 is 0 Å². The summed E-state index contributed by atoms with van der Waals surface area (Å²) in [5.74, 6) is -6.37. The average Bonchev–Trinajstić information content (AvgIpc) is 3.02. The van der Waals surface area contributed by atoms with Gasteiger partial charge in [-0.15, -0.1) is 0 Å². The largest absolute Gasteiger partial charge is 0.479 e. The Bertz CT molecular complexity index is 797. The maximum absolute atomic E-state index is 14.3. The van der Waals surface area contributed by atoms with Gasteiger partial charge >= 0.3 is 23.9 Å². The molecule has 9 heteroatoms. The number of likely N-dealkylation sites (N-methyl/N-ethyl adjacent to an activating group) is 1. The Labute approximate surface area is 148 Å². The van der Waals surface area contributed by atoms with Crippen molar-refractivity contribution in [3.05, 3.63) is 23.8 Å². The van der Waals surface area contributed by atoms with Crippen LogP contribution in [0.5, 0.6) is 0 Å². The number of carboxylic acid groups (broad SMARTS) is 1. The molecular weight excluding hydrogens is 350 g/mol. The van der Waals surface area contributed by atoms with Gasteiger partial charge in [0.1, 0.15) is 6.61 Å². The zero-order chi connectivity index (χ0) is 19.3. The van der Waals surface area contributed by atoms with Gasteiger partial charge in [0, 0.05) is 12.7 Å². The minimum Gasteiger partial charge on any atom is -0.479 e. The van der Waals surface area contributed by atoms with Gasteiger partial charge in [0.15, 0.2) is 5.54 Å². The summed E-state index contributed by atoms with van der Waals surface area (Å²) in [7, 11) is 1.23. The smallest absolute Gasteiger partial charge is 0.415 e. The van der Waals surface area contributed by atoms with Crippen molar-refractivity contribution in [2.45, 2.75) is 37.6 Å². The van der Waals surface area contributed by atoms with Crippen LogP contribution in [0.3, 0.4) is 0 Å². The molecule has 1 aromatic carbocycles. The first-order chi connectivity index (χ1) is 12.2. The van der Waals surface area contributed by atoms with Crippen molar-refractivity contribution in [1.29, 1.82) is 0 Å². The number of benzene rings is 1. The van der Waals surface area contributed by atoms with Gasteiger partial charge in [-0.1, -0.05) is 19.8 Å². The number of ether oxygens (including phenoxy) is 1. The second-order valence-electron chi connectivity index (χ2n) is 6.47. The number of hydrogen-bond acceptors (Lipinski definition) is 4. The second kappa shape index (κ2) is 5.93. The molecule has 1 N–H and O–H groups in total. The van der Waals surface area contributed by atoms with E-state index in [-0.39, 0.29) is 24.4 Å². The Balaban J connectivity index is 2.10. The molecule has 7 nitrogen and oxygen atoms in total. The van der Waals surface area contributed by atoms with Gasteiger partial charge in [0.2, 0.25) is 0 Å². The molecule has 3 rings (SSSR count). The number of nitrogens with zero attached hydrogens (tertiary/aromatic N) is 2. The number of cyclic esters (lactones) is 1. The number of rotatable bonds is 5. The van der Waals surface area contributed by atoms with Gasteiger partial charge < -0.3 is 14.7 Å². The third-order valence-electron chi connectivity index (χ3n) is 4.90. The van der Waals surface area contributed by atoms with Crippen LogP contribution in [0.25, 0.3) is 0 Å². The molecule has 1 aromatic rings. The molecule has 0 radical (unpaired) electrons. The molecule has 2 aliphatic rings. The maximum atomic E-state index is 14.3. The number of carbonyl (C=O) groups excluding carboxylic acids is 2. The van der Waals surface area contributed by atoms with Crippen LogP contribution in [0.4, 0.5) is 25.0 Å². The van der Waals surface area contributed by atoms with Gasteiger partial charge in [0.25, 0.3) is 0 Å². The van der Waals surface area contributed by atoms with E-state index in [1.165, 1.54) is 19.2 Å². The normalized spacial score (nSPS) is 24.0. The second-order valence-corrected chi connectivity index (χ2v) is 6.47. The highest BCUT2D eigenvalue weighted by atomic mass is 19.3. The molecule has 0 aromatic heterocycles. The maximum Gasteiger partial charge on any atom is 0.415 e. The van der Waals surface area contributed by atoms with Gasteiger partial charge in [-0.2, -0.15) is 8.78 Å². The lowest BCUT2D eigenvalue weighted by Gasteiger charge is -2.31. The van der Waals surface area contributed by atoms with Crippen LogP contribution < -0.4 is 9.80 Å². The molecule has 2 aliphatic heterocycles. The minimum absolute atomic E-state index is 0.0193. The van der Waals surface area contributed by atoms with Crippen molar-refractivity contribution in [2.75, 3.05) is 23.5 Å². The Morgan fingerprint density at radius 3 is 2.65 bits per heavy atom. The van der Waals surface area contributed by atoms with E-state index in [9.17, 15) is 28.3 Å². The van der Waals surface area contributed by atoms with Crippen LogP contribution in [0.1, 0.15) is 31.7 Å². The SMILES string of the molecule is CCCCC1(C(=O)O)COC(=O)N1c1ccc2c(c1)C(F)(F)C(=O)N2C. The van der Waals surface area contributed by atoms with Crippen LogP contribution >= 0.6 is 0 Å². The quantitative estimate of drug-likeness (QED) is 0.864. The number of anilines is 2. The fourth-order valence-electron chi connectivity index (χ4n) is 3.40. The lowest BCUT2D eigenvalue weighted by molar-refractivity contribution is -0.143. The predicted molar refractivity (Wildman–Crippen MR) is 87.5 cm³/mol. The van der Waals surface area contributed by atoms with E-state index in [0.29, 0.717) is 12.8 Å². The fraction of sp³-hybridized carbons (Fsp3) is 0.471. The van der Waals surface area contributed by atoms with E-state index in [2.05, 4.69) is 0 Å². The van der Waals surface area contributed by atoms with Crippen LogP contribution in [0, 0.1) is 0 Å². The van der Waals surface area contributed by atoms with Crippen LogP contribution in [-0.4, -0.2) is 42.3 Å². The highest BCUT2D eigenvalue weighted by Crippen LogP contribution is 2.46. The number of amides is 2. The lowest BCUT2D eigenvalue weighted by atomic mass is 9.91. The van der Waals surface area contributed by atoms with E-state index < -0.39 is 35.0 Å². The number of unbranched alkanes of at least 4 members (excludes halogenated alkanes) is 1. The summed E-state index contributed by atoms with van der Waals surface area (Å²) in [5.41, 5.74) is -2.24. The fourth-order valence-corrected chi connectivity index (χ4v) is 3.40. The monoisotopic (exact) mass is 368 g/mol. The summed E-state index contributed by atoms with van der Waals surface area (Å²) in [6.07, 6.45) is 0.418. The molecule has 0 bridgehead atoms. The number of fused-ring (bicyclic) bond motifs is 1. The molecule has 0 spiro atoms. The predicted octanol–water partition coefficient (Wildman–Crippen LogP) is 2.73. The molecule has 26 heavy (non-hydrogen) atoms. The summed E-state index contributed by atoms with van der Waals surface area (Å²) >= 11 is 0. The Kier molecular flexibility index (Phi) is 4.12. The first-order valence-electron chi connectivity index (χ1n) is 8.17. The number of carbonyl (C=O) groups is 3. The number of alkyl halides is 2. The summed E-state index contributed by atoms with van der Waals surface area (Å²) in [6, 6.07) is 3.62. The van der Waals surface area contributed by atoms with Crippen molar-refractivity contribution in [3.63, 3.8) is 0 Å². The standard InChI is InChI=1S/C17H18F2N2O5/c1-3-4-7-16(14(23)24)9-26-15(25)21(16)10-5-6-12-11(8-10)17(18,19)13(22)20(12)2/h5-6,8H,3-4,7,9H2,1-2H3,(H,23,24). The van der Waals surface area contributed by atoms with Crippen LogP contribution in [-0.2, 0) is 20.2 Å². The molecule has 1 unspecified atom stereocenters. The molecule has 1 saturated heterocycles. The van der Waals surface area contributed by atoms with E-state index in [1.54, 1.807) is 0 Å². The summed E-state index contributed by atoms with van der Waals surface area (Å²) in [6.45, 7) is 1.50. The third-order valence-corrected chi connectivity index (χ3v) is 4.90. The molecule has 2 amide bonds. The first kappa shape index (κ1) is 18.1. The molecule has 2 heterocycles. The van der Waals surface area contributed by atoms with Gasteiger partial charge in [-0.25, -0.2) is 9.59 Å². The molecule has 0 aliphatic carbocycles. The summed E-state index contributed by atoms with van der Waals surface area (Å²) in [5, 5.41) is 9.74. The Morgan fingerprint density at radius 1 is 1.35 bits per heavy atom. The zero-order valence-electron chi connectivity index (χ0n) is 14.3. The third kappa shape index (κ3) is 2.33. The van der Waals surface area contributed by atoms with Crippen molar-refractivity contribution in [2.24, 2.45) is 0 Å². The van der Waals surface area contributed by atoms with Crippen molar-refractivity contribution in [3.8, 4) is 0 Å². The van der Waals surface area contributed by atoms with Crippen molar-refractivity contribution in [1.82, 2.24) is 0 Å². The molecule has 1 atom stereocenters. The topological polar surface area (TPSA) is 87.1 Å². The Morgan fingerprint density at radius 2 is 2.04 bits per heavy atom. The first-order valence-corrected chi connectivity index (χ1v) is 8.17. The number of halogens is 2. The molecule has 140 valence electrons. The van der Waals surface area contributed by atoms with E-state index in [1.807, 2.05) is 6.92 Å². The average molecular weight is 368 g/mol. The lowest BCUT2D eigenvalue weighted by Crippen LogP contribution is -2.54. The summed E-state index contributed by atoms with van der Waals surface area (Å²) < 4.78 is 33.5. The van der Waals surface area contributed by atoms with Gasteiger partial charge in [-0.05, 0) is 24.6 Å². The van der Waals surface area contributed by atoms with Crippen molar-refractivity contribution >= 4 is 29.3 Å². The zero-order valence-corrected chi connectivity index (χ0v) is 14.3. The van der Waals surface area contributed by atoms with Crippen molar-refractivity contribution < 1.29 is 33.0 Å². The van der Waals surface area contributed by atoms with Gasteiger partial charge in [-0.3, -0.25) is 9.69 Å². The van der Waals surface area contributed by atoms with Crippen LogP contribution in [0.2, 0.25) is 0 Å². The highest BCUT2D eigenvalue weighted by Gasteiger charge is 2.56. The van der Waals surface area contributed by atoms with Crippen LogP contribution in [0.15, 0.2) is 18.2 Å². The number of carboxylic acids is 1. The van der Waals surface area contributed by atoms with E-state index in [4.69, 9.17) is 4.74 Å². The van der Waals surface area contributed by atoms with Gasteiger partial charge in [0.05, 0.1) is 11.3 Å². The summed E-state index contributed by atoms with van der Waals surface area (Å²) in [4.78, 5) is 37.6. The minimum atomic E-state index is -3.74. The molecule has 0 saturated carbocycles. The molecular formula is C17H18F2N2O5. The molecule has 1 fully saturated rings. The Hall–Kier alpha value is -2.71. The number of hydrogen-bond donors (Lipinski definition) is 1. The number of aliphatic carboxylic acids is 1. The highest BCUT2D eigenvalue weighted by molar-refractivity contribution is 6.07. The van der Waals surface area contributed by atoms with E-state index in [0.717, 1.165) is 15.9 Å².